The van der Waals surface area contributed by atoms with Crippen molar-refractivity contribution in [3.8, 4) is 6.07 Å². The van der Waals surface area contributed by atoms with Gasteiger partial charge in [-0.2, -0.15) is 5.26 Å². The second-order valence-electron chi connectivity index (χ2n) is 10.7. The molecule has 0 aliphatic carbocycles. The van der Waals surface area contributed by atoms with Crippen molar-refractivity contribution >= 4 is 34.2 Å². The van der Waals surface area contributed by atoms with Crippen molar-refractivity contribution in [2.45, 2.75) is 57.2 Å². The summed E-state index contributed by atoms with van der Waals surface area (Å²) in [5, 5.41) is 9.28. The number of nitrogens with zero attached hydrogens (tertiary/aromatic N) is 7. The minimum absolute atomic E-state index is 0.0101. The van der Waals surface area contributed by atoms with Gasteiger partial charge in [-0.05, 0) is 38.8 Å². The van der Waals surface area contributed by atoms with Crippen LogP contribution in [0.3, 0.4) is 0 Å². The van der Waals surface area contributed by atoms with Crippen LogP contribution in [0.2, 0.25) is 0 Å². The average Bonchev–Trinajstić information content (AvgIpc) is 3.13. The van der Waals surface area contributed by atoms with Crippen LogP contribution in [0, 0.1) is 18.3 Å². The molecule has 0 radical (unpaired) electrons. The lowest BCUT2D eigenvalue weighted by atomic mass is 9.87. The lowest BCUT2D eigenvalue weighted by molar-refractivity contribution is -0.136. The average molecular weight is 494 g/mol. The van der Waals surface area contributed by atoms with Crippen LogP contribution >= 0.6 is 0 Å². The molecular formula is C25H31N7O2S. The summed E-state index contributed by atoms with van der Waals surface area (Å²) in [4.78, 5) is 33.3. The van der Waals surface area contributed by atoms with Gasteiger partial charge in [0.15, 0.2) is 0 Å². The van der Waals surface area contributed by atoms with Crippen LogP contribution in [-0.2, 0) is 21.0 Å². The van der Waals surface area contributed by atoms with Crippen LogP contribution in [0.15, 0.2) is 18.6 Å². The van der Waals surface area contributed by atoms with Gasteiger partial charge < -0.3 is 14.7 Å². The lowest BCUT2D eigenvalue weighted by Gasteiger charge is -2.46. The summed E-state index contributed by atoms with van der Waals surface area (Å²) in [7, 11) is -1.08. The number of aromatic nitrogens is 3. The van der Waals surface area contributed by atoms with Gasteiger partial charge in [0.1, 0.15) is 34.6 Å². The number of piperazine rings is 1. The van der Waals surface area contributed by atoms with Crippen LogP contribution in [0.25, 0.3) is 0 Å². The predicted molar refractivity (Wildman–Crippen MR) is 135 cm³/mol. The van der Waals surface area contributed by atoms with Crippen LogP contribution in [-0.4, -0.2) is 72.7 Å². The highest BCUT2D eigenvalue weighted by molar-refractivity contribution is 7.88. The number of aryl methyl sites for hydroxylation is 1. The highest BCUT2D eigenvalue weighted by Crippen LogP contribution is 2.46. The van der Waals surface area contributed by atoms with E-state index in [4.69, 9.17) is 4.98 Å². The Bertz CT molecular complexity index is 1270. The van der Waals surface area contributed by atoms with Crippen LogP contribution < -0.4 is 9.80 Å². The van der Waals surface area contributed by atoms with E-state index in [0.29, 0.717) is 43.9 Å². The molecule has 10 heteroatoms. The smallest absolute Gasteiger partial charge is 0.241 e. The molecule has 0 N–H and O–H groups in total. The molecule has 35 heavy (non-hydrogen) atoms. The Labute approximate surface area is 208 Å². The monoisotopic (exact) mass is 493 g/mol. The maximum absolute atomic E-state index is 13.2. The number of pyridine rings is 1. The van der Waals surface area contributed by atoms with Gasteiger partial charge in [0.25, 0.3) is 0 Å². The Hall–Kier alpha value is -3.06. The Morgan fingerprint density at radius 2 is 1.94 bits per heavy atom. The van der Waals surface area contributed by atoms with Gasteiger partial charge in [0, 0.05) is 65.9 Å². The van der Waals surface area contributed by atoms with E-state index in [9.17, 15) is 14.3 Å². The largest absolute Gasteiger partial charge is 0.352 e. The molecule has 2 aromatic rings. The zero-order chi connectivity index (χ0) is 25.1. The molecule has 5 rings (SSSR count). The fraction of sp³-hybridized carbons (Fsp3) is 0.560. The molecule has 2 saturated heterocycles. The van der Waals surface area contributed by atoms with Gasteiger partial charge in [-0.15, -0.1) is 0 Å². The summed E-state index contributed by atoms with van der Waals surface area (Å²) in [5.74, 6) is 3.12. The summed E-state index contributed by atoms with van der Waals surface area (Å²) in [6, 6.07) is 4.10. The first-order valence-electron chi connectivity index (χ1n) is 12.0. The molecule has 184 valence electrons. The minimum Gasteiger partial charge on any atom is -0.352 e. The number of anilines is 3. The minimum atomic E-state index is -1.08. The van der Waals surface area contributed by atoms with Crippen molar-refractivity contribution in [1.29, 1.82) is 5.26 Å². The summed E-state index contributed by atoms with van der Waals surface area (Å²) in [6.45, 7) is 12.8. The summed E-state index contributed by atoms with van der Waals surface area (Å²) >= 11 is 0. The standard InChI is InChI=1S/C25H31N7O2S/c1-16-10-19(27-12-18(16)11-26)32-14-24(3,4)20-21(28-15-29-22(20)32)30-7-8-31(17(2)13-30)23(33)25(5)6-9-35(25)34/h10,12,15,17H,6-9,13-14H2,1-5H3. The summed E-state index contributed by atoms with van der Waals surface area (Å²) in [5.41, 5.74) is 2.30. The Kier molecular flexibility index (Phi) is 5.59. The SMILES string of the molecule is Cc1cc(N2CC(C)(C)c3c(N4CCN(C(=O)C5(C)CCS5=O)C(C)C4)ncnc32)ncc1C#N. The topological polar surface area (TPSA) is 106 Å². The number of hydrogen-bond acceptors (Lipinski definition) is 8. The summed E-state index contributed by atoms with van der Waals surface area (Å²) in [6.07, 6.45) is 3.91. The maximum atomic E-state index is 13.2. The van der Waals surface area contributed by atoms with E-state index in [0.717, 1.165) is 28.6 Å². The fourth-order valence-corrected chi connectivity index (χ4v) is 6.71. The van der Waals surface area contributed by atoms with Crippen molar-refractivity contribution in [3.05, 3.63) is 35.3 Å². The highest BCUT2D eigenvalue weighted by atomic mass is 32.2. The number of nitriles is 1. The van der Waals surface area contributed by atoms with Crippen molar-refractivity contribution < 1.29 is 9.00 Å². The molecule has 9 nitrogen and oxygen atoms in total. The van der Waals surface area contributed by atoms with E-state index in [1.807, 2.05) is 24.8 Å². The van der Waals surface area contributed by atoms with Crippen LogP contribution in [0.4, 0.5) is 17.5 Å². The molecule has 3 aliphatic rings. The van der Waals surface area contributed by atoms with Crippen molar-refractivity contribution in [2.24, 2.45) is 0 Å². The van der Waals surface area contributed by atoms with E-state index in [-0.39, 0.29) is 17.4 Å². The molecule has 3 unspecified atom stereocenters. The van der Waals surface area contributed by atoms with E-state index >= 15 is 0 Å². The zero-order valence-electron chi connectivity index (χ0n) is 20.9. The summed E-state index contributed by atoms with van der Waals surface area (Å²) < 4.78 is 11.5. The quantitative estimate of drug-likeness (QED) is 0.642. The number of rotatable bonds is 3. The van der Waals surface area contributed by atoms with Gasteiger partial charge >= 0.3 is 0 Å². The Morgan fingerprint density at radius 3 is 2.54 bits per heavy atom. The number of fused-ring (bicyclic) bond motifs is 1. The molecule has 0 spiro atoms. The van der Waals surface area contributed by atoms with Crippen molar-refractivity contribution in [3.63, 3.8) is 0 Å². The number of carbonyl (C=O) groups excluding carboxylic acids is 1. The normalized spacial score (nSPS) is 27.3. The number of hydrogen-bond donors (Lipinski definition) is 0. The molecule has 2 aromatic heterocycles. The molecule has 3 aliphatic heterocycles. The van der Waals surface area contributed by atoms with Gasteiger partial charge in [-0.3, -0.25) is 9.00 Å². The Morgan fingerprint density at radius 1 is 1.20 bits per heavy atom. The second kappa shape index (κ2) is 8.26. The van der Waals surface area contributed by atoms with Gasteiger partial charge in [-0.1, -0.05) is 13.8 Å². The van der Waals surface area contributed by atoms with E-state index < -0.39 is 15.5 Å². The third-order valence-electron chi connectivity index (χ3n) is 7.69. The molecule has 2 fully saturated rings. The second-order valence-corrected chi connectivity index (χ2v) is 12.7. The lowest BCUT2D eigenvalue weighted by Crippen LogP contribution is -2.63. The van der Waals surface area contributed by atoms with E-state index in [2.05, 4.69) is 46.6 Å². The molecule has 0 saturated carbocycles. The molecular weight excluding hydrogens is 462 g/mol. The molecule has 3 atom stereocenters. The van der Waals surface area contributed by atoms with E-state index in [1.165, 1.54) is 0 Å². The first-order chi connectivity index (χ1) is 16.6. The van der Waals surface area contributed by atoms with Crippen molar-refractivity contribution in [2.75, 3.05) is 41.7 Å². The molecule has 5 heterocycles. The number of carbonyl (C=O) groups is 1. The third kappa shape index (κ3) is 3.68. The maximum Gasteiger partial charge on any atom is 0.241 e. The number of amides is 1. The first kappa shape index (κ1) is 23.7. The molecule has 0 bridgehead atoms. The Balaban J connectivity index is 1.43. The molecule has 0 aromatic carbocycles. The zero-order valence-corrected chi connectivity index (χ0v) is 21.7. The third-order valence-corrected chi connectivity index (χ3v) is 9.65. The van der Waals surface area contributed by atoms with Crippen LogP contribution in [0.1, 0.15) is 50.8 Å². The van der Waals surface area contributed by atoms with Gasteiger partial charge in [0.05, 0.1) is 5.56 Å². The van der Waals surface area contributed by atoms with Crippen LogP contribution in [0.5, 0.6) is 0 Å². The fourth-order valence-electron chi connectivity index (χ4n) is 5.41. The molecule has 1 amide bonds. The van der Waals surface area contributed by atoms with Gasteiger partial charge in [0.2, 0.25) is 5.91 Å². The van der Waals surface area contributed by atoms with Crippen molar-refractivity contribution in [1.82, 2.24) is 19.9 Å². The van der Waals surface area contributed by atoms with Gasteiger partial charge in [-0.25, -0.2) is 15.0 Å². The first-order valence-corrected chi connectivity index (χ1v) is 13.3. The van der Waals surface area contributed by atoms with E-state index in [1.54, 1.807) is 12.5 Å². The predicted octanol–water partition coefficient (Wildman–Crippen LogP) is 2.43. The highest BCUT2D eigenvalue weighted by Gasteiger charge is 2.50.